The summed E-state index contributed by atoms with van der Waals surface area (Å²) in [5.74, 6) is 0.481. The van der Waals surface area contributed by atoms with E-state index >= 15 is 0 Å². The van der Waals surface area contributed by atoms with Crippen molar-refractivity contribution in [1.82, 2.24) is 24.6 Å². The lowest BCUT2D eigenvalue weighted by Crippen LogP contribution is -2.27. The summed E-state index contributed by atoms with van der Waals surface area (Å²) in [6.07, 6.45) is 5.70. The number of nitrogens with zero attached hydrogens (tertiary/aromatic N) is 3. The van der Waals surface area contributed by atoms with E-state index in [-0.39, 0.29) is 17.2 Å². The molecule has 0 radical (unpaired) electrons. The number of hydrogen-bond donors (Lipinski definition) is 2. The lowest BCUT2D eigenvalue weighted by molar-refractivity contribution is 0.0946. The van der Waals surface area contributed by atoms with E-state index < -0.39 is 0 Å². The van der Waals surface area contributed by atoms with Gasteiger partial charge in [0.2, 0.25) is 0 Å². The van der Waals surface area contributed by atoms with Crippen molar-refractivity contribution in [3.8, 4) is 0 Å². The first kappa shape index (κ1) is 20.5. The van der Waals surface area contributed by atoms with Gasteiger partial charge in [0.05, 0.1) is 0 Å². The number of pyridine rings is 1. The van der Waals surface area contributed by atoms with Gasteiger partial charge in [0.15, 0.2) is 0 Å². The third-order valence-electron chi connectivity index (χ3n) is 6.43. The third kappa shape index (κ3) is 4.03. The molecule has 2 N–H and O–H groups in total. The zero-order valence-corrected chi connectivity index (χ0v) is 18.2. The van der Waals surface area contributed by atoms with E-state index in [0.717, 1.165) is 30.1 Å². The second-order valence-corrected chi connectivity index (χ2v) is 8.61. The predicted octanol–water partition coefficient (Wildman–Crippen LogP) is 3.01. The molecule has 0 unspecified atom stereocenters. The molecule has 1 fully saturated rings. The number of benzene rings is 1. The number of nitrogens with one attached hydrogen (secondary N) is 2. The molecule has 0 spiro atoms. The summed E-state index contributed by atoms with van der Waals surface area (Å²) in [6.45, 7) is 2.31. The third-order valence-corrected chi connectivity index (χ3v) is 6.43. The Bertz CT molecular complexity index is 1350. The molecule has 3 aromatic heterocycles. The van der Waals surface area contributed by atoms with Crippen LogP contribution in [0.25, 0.3) is 16.6 Å². The smallest absolute Gasteiger partial charge is 0.270 e. The monoisotopic (exact) mass is 429 g/mol. The quantitative estimate of drug-likeness (QED) is 0.473. The first-order valence-corrected chi connectivity index (χ1v) is 11.1. The Morgan fingerprint density at radius 2 is 2.00 bits per heavy atom. The second kappa shape index (κ2) is 8.59. The van der Waals surface area contributed by atoms with Crippen molar-refractivity contribution >= 4 is 22.5 Å². The highest BCUT2D eigenvalue weighted by Gasteiger charge is 2.17. The maximum absolute atomic E-state index is 12.6. The van der Waals surface area contributed by atoms with E-state index in [1.165, 1.54) is 40.8 Å². The Morgan fingerprint density at radius 3 is 2.81 bits per heavy atom. The highest BCUT2D eigenvalue weighted by Crippen LogP contribution is 2.25. The first-order chi connectivity index (χ1) is 15.6. The summed E-state index contributed by atoms with van der Waals surface area (Å²) in [7, 11) is 2.08. The van der Waals surface area contributed by atoms with Crippen LogP contribution in [-0.4, -0.2) is 26.4 Å². The Hall–Kier alpha value is -3.45. The number of rotatable bonds is 7. The molecule has 3 heterocycles. The zero-order chi connectivity index (χ0) is 22.1. The maximum atomic E-state index is 12.6. The van der Waals surface area contributed by atoms with Gasteiger partial charge in [-0.05, 0) is 60.5 Å². The highest BCUT2D eigenvalue weighted by atomic mass is 16.2. The van der Waals surface area contributed by atoms with Crippen LogP contribution in [0, 0.1) is 5.92 Å². The van der Waals surface area contributed by atoms with Gasteiger partial charge in [-0.2, -0.15) is 0 Å². The fraction of sp³-hybridized carbons (Fsp3) is 0.320. The van der Waals surface area contributed by atoms with Crippen LogP contribution in [0.3, 0.4) is 0 Å². The predicted molar refractivity (Wildman–Crippen MR) is 125 cm³/mol. The van der Waals surface area contributed by atoms with Gasteiger partial charge in [-0.15, -0.1) is 0 Å². The molecular weight excluding hydrogens is 402 g/mol. The summed E-state index contributed by atoms with van der Waals surface area (Å²) in [5.41, 5.74) is 3.69. The Kier molecular flexibility index (Phi) is 5.49. The first-order valence-electron chi connectivity index (χ1n) is 11.1. The van der Waals surface area contributed by atoms with E-state index in [2.05, 4.69) is 45.4 Å². The molecule has 1 aliphatic rings. The van der Waals surface area contributed by atoms with Gasteiger partial charge in [0.25, 0.3) is 11.5 Å². The lowest BCUT2D eigenvalue weighted by Gasteiger charge is -2.25. The molecule has 1 aromatic carbocycles. The molecule has 164 valence electrons. The second-order valence-electron chi connectivity index (χ2n) is 8.61. The van der Waals surface area contributed by atoms with Crippen LogP contribution < -0.4 is 16.2 Å². The minimum absolute atomic E-state index is 0.126. The molecule has 0 aliphatic heterocycles. The van der Waals surface area contributed by atoms with Crippen molar-refractivity contribution in [2.75, 3.05) is 6.54 Å². The standard InChI is InChI=1S/C25H27N5O2/c1-29-20(16-26-14-17-5-4-6-17)12-19-9-8-18(11-22(19)29)15-27-25(32)21-13-24(31)30-10-3-2-7-23(30)28-21/h2-3,7-13,17,26H,4-6,14-16H2,1H3,(H,27,32). The van der Waals surface area contributed by atoms with Crippen LogP contribution in [-0.2, 0) is 20.1 Å². The van der Waals surface area contributed by atoms with Crippen molar-refractivity contribution in [2.24, 2.45) is 13.0 Å². The highest BCUT2D eigenvalue weighted by molar-refractivity contribution is 5.92. The molecule has 1 amide bonds. The Balaban J connectivity index is 1.27. The van der Waals surface area contributed by atoms with Crippen LogP contribution in [0.5, 0.6) is 0 Å². The number of hydrogen-bond acceptors (Lipinski definition) is 4. The van der Waals surface area contributed by atoms with Gasteiger partial charge in [-0.1, -0.05) is 24.6 Å². The molecule has 1 saturated carbocycles. The summed E-state index contributed by atoms with van der Waals surface area (Å²) in [5, 5.41) is 7.66. The van der Waals surface area contributed by atoms with E-state index in [1.54, 1.807) is 24.4 Å². The molecule has 0 atom stereocenters. The normalized spacial score (nSPS) is 14.0. The average Bonchev–Trinajstić information content (AvgIpc) is 3.08. The Morgan fingerprint density at radius 1 is 1.12 bits per heavy atom. The number of carbonyl (C=O) groups excluding carboxylic acids is 1. The number of fused-ring (bicyclic) bond motifs is 2. The minimum Gasteiger partial charge on any atom is -0.347 e. The van der Waals surface area contributed by atoms with Crippen LogP contribution in [0.2, 0.25) is 0 Å². The molecule has 0 saturated heterocycles. The van der Waals surface area contributed by atoms with Gasteiger partial charge < -0.3 is 15.2 Å². The van der Waals surface area contributed by atoms with Crippen LogP contribution in [0.1, 0.15) is 41.0 Å². The van der Waals surface area contributed by atoms with Gasteiger partial charge in [-0.25, -0.2) is 4.98 Å². The summed E-state index contributed by atoms with van der Waals surface area (Å²) in [6, 6.07) is 15.0. The number of aromatic nitrogens is 3. The largest absolute Gasteiger partial charge is 0.347 e. The molecule has 1 aliphatic carbocycles. The summed E-state index contributed by atoms with van der Waals surface area (Å²) in [4.78, 5) is 29.2. The van der Waals surface area contributed by atoms with Crippen molar-refractivity contribution in [3.63, 3.8) is 0 Å². The molecule has 7 nitrogen and oxygen atoms in total. The van der Waals surface area contributed by atoms with Crippen molar-refractivity contribution in [3.05, 3.63) is 82.0 Å². The van der Waals surface area contributed by atoms with Crippen LogP contribution in [0.4, 0.5) is 0 Å². The molecule has 0 bridgehead atoms. The zero-order valence-electron chi connectivity index (χ0n) is 18.2. The van der Waals surface area contributed by atoms with E-state index in [4.69, 9.17) is 0 Å². The van der Waals surface area contributed by atoms with Crippen LogP contribution >= 0.6 is 0 Å². The molecule has 7 heteroatoms. The molecule has 4 aromatic rings. The topological polar surface area (TPSA) is 80.4 Å². The van der Waals surface area contributed by atoms with Crippen molar-refractivity contribution in [2.45, 2.75) is 32.4 Å². The fourth-order valence-electron chi connectivity index (χ4n) is 4.26. The van der Waals surface area contributed by atoms with E-state index in [9.17, 15) is 9.59 Å². The number of aryl methyl sites for hydroxylation is 1. The number of amides is 1. The average molecular weight is 430 g/mol. The van der Waals surface area contributed by atoms with Crippen molar-refractivity contribution < 1.29 is 4.79 Å². The minimum atomic E-state index is -0.360. The van der Waals surface area contributed by atoms with Crippen molar-refractivity contribution in [1.29, 1.82) is 0 Å². The lowest BCUT2D eigenvalue weighted by atomic mass is 9.85. The summed E-state index contributed by atoms with van der Waals surface area (Å²) >= 11 is 0. The molecule has 32 heavy (non-hydrogen) atoms. The molecule has 5 rings (SSSR count). The summed E-state index contributed by atoms with van der Waals surface area (Å²) < 4.78 is 3.62. The SMILES string of the molecule is Cn1c(CNCC2CCC2)cc2ccc(CNC(=O)c3cc(=O)n4ccccc4n3)cc21. The maximum Gasteiger partial charge on any atom is 0.270 e. The Labute approximate surface area is 186 Å². The van der Waals surface area contributed by atoms with Crippen LogP contribution in [0.15, 0.2) is 59.5 Å². The van der Waals surface area contributed by atoms with Gasteiger partial charge >= 0.3 is 0 Å². The molecular formula is C25H27N5O2. The van der Waals surface area contributed by atoms with E-state index in [1.807, 2.05) is 6.07 Å². The van der Waals surface area contributed by atoms with Gasteiger partial charge in [0, 0.05) is 43.6 Å². The fourth-order valence-corrected chi connectivity index (χ4v) is 4.26. The van der Waals surface area contributed by atoms with E-state index in [0.29, 0.717) is 12.2 Å². The van der Waals surface area contributed by atoms with Gasteiger partial charge in [0.1, 0.15) is 11.3 Å². The van der Waals surface area contributed by atoms with Gasteiger partial charge in [-0.3, -0.25) is 14.0 Å². The number of carbonyl (C=O) groups is 1.